The summed E-state index contributed by atoms with van der Waals surface area (Å²) in [6.07, 6.45) is 2.56. The molecule has 0 bridgehead atoms. The van der Waals surface area contributed by atoms with E-state index in [1.165, 1.54) is 4.90 Å². The molecule has 2 aromatic carbocycles. The van der Waals surface area contributed by atoms with Crippen LogP contribution in [0.1, 0.15) is 34.8 Å². The van der Waals surface area contributed by atoms with Gasteiger partial charge in [-0.3, -0.25) is 4.79 Å². The van der Waals surface area contributed by atoms with Gasteiger partial charge in [-0.1, -0.05) is 41.9 Å². The average Bonchev–Trinajstić information content (AvgIpc) is 3.24. The molecule has 0 radical (unpaired) electrons. The summed E-state index contributed by atoms with van der Waals surface area (Å²) in [5.74, 6) is -0.856. The molecule has 7 heteroatoms. The number of nitrogens with zero attached hydrogens (tertiary/aromatic N) is 2. The summed E-state index contributed by atoms with van der Waals surface area (Å²) in [5, 5.41) is 10.2. The Balaban J connectivity index is 1.67. The van der Waals surface area contributed by atoms with E-state index in [-0.39, 0.29) is 11.9 Å². The van der Waals surface area contributed by atoms with Crippen molar-refractivity contribution in [2.45, 2.75) is 24.9 Å². The predicted octanol–water partition coefficient (Wildman–Crippen LogP) is 4.84. The molecular formula is C24H21ClN2O4. The first-order valence-electron chi connectivity index (χ1n) is 9.90. The first kappa shape index (κ1) is 20.9. The molecule has 1 fully saturated rings. The first-order valence-corrected chi connectivity index (χ1v) is 10.3. The number of halogens is 1. The number of ether oxygens (including phenoxy) is 1. The molecule has 1 aliphatic heterocycles. The highest BCUT2D eigenvalue weighted by molar-refractivity contribution is 6.31. The number of amides is 1. The Kier molecular flexibility index (Phi) is 5.91. The summed E-state index contributed by atoms with van der Waals surface area (Å²) < 4.78 is 5.31. The maximum absolute atomic E-state index is 13.4. The van der Waals surface area contributed by atoms with Crippen molar-refractivity contribution in [2.24, 2.45) is 0 Å². The third kappa shape index (κ3) is 3.99. The van der Waals surface area contributed by atoms with Gasteiger partial charge >= 0.3 is 5.97 Å². The summed E-state index contributed by atoms with van der Waals surface area (Å²) in [4.78, 5) is 30.9. The Labute approximate surface area is 185 Å². The molecule has 0 aliphatic carbocycles. The maximum atomic E-state index is 13.4. The second-order valence-electron chi connectivity index (χ2n) is 7.32. The lowest BCUT2D eigenvalue weighted by Crippen LogP contribution is -2.41. The molecule has 1 aliphatic rings. The summed E-state index contributed by atoms with van der Waals surface area (Å²) in [5.41, 5.74) is 2.83. The van der Waals surface area contributed by atoms with Gasteiger partial charge in [-0.05, 0) is 54.3 Å². The van der Waals surface area contributed by atoms with Crippen molar-refractivity contribution in [1.82, 2.24) is 9.88 Å². The van der Waals surface area contributed by atoms with Gasteiger partial charge < -0.3 is 14.7 Å². The van der Waals surface area contributed by atoms with Crippen LogP contribution >= 0.6 is 11.6 Å². The number of hydrogen-bond donors (Lipinski definition) is 1. The van der Waals surface area contributed by atoms with Crippen LogP contribution < -0.4 is 4.74 Å². The molecule has 1 amide bonds. The monoisotopic (exact) mass is 436 g/mol. The first-order chi connectivity index (χ1) is 15.0. The topological polar surface area (TPSA) is 79.7 Å². The van der Waals surface area contributed by atoms with Gasteiger partial charge in [0.2, 0.25) is 5.88 Å². The third-order valence-electron chi connectivity index (χ3n) is 5.58. The van der Waals surface area contributed by atoms with Crippen LogP contribution in [0.5, 0.6) is 5.88 Å². The van der Waals surface area contributed by atoms with Crippen molar-refractivity contribution in [3.8, 4) is 17.0 Å². The van der Waals surface area contributed by atoms with Gasteiger partial charge in [-0.25, -0.2) is 9.78 Å². The Morgan fingerprint density at radius 2 is 1.81 bits per heavy atom. The lowest BCUT2D eigenvalue weighted by Gasteiger charge is -2.29. The third-order valence-corrected chi connectivity index (χ3v) is 5.92. The van der Waals surface area contributed by atoms with Gasteiger partial charge in [0.1, 0.15) is 6.04 Å². The van der Waals surface area contributed by atoms with E-state index < -0.39 is 12.0 Å². The van der Waals surface area contributed by atoms with Gasteiger partial charge in [0.15, 0.2) is 0 Å². The molecule has 0 spiro atoms. The van der Waals surface area contributed by atoms with Crippen molar-refractivity contribution in [2.75, 3.05) is 7.11 Å². The van der Waals surface area contributed by atoms with Crippen LogP contribution in [-0.4, -0.2) is 40.0 Å². The highest BCUT2D eigenvalue weighted by Gasteiger charge is 2.42. The molecule has 6 nitrogen and oxygen atoms in total. The van der Waals surface area contributed by atoms with Crippen molar-refractivity contribution in [3.05, 3.63) is 83.0 Å². The second-order valence-corrected chi connectivity index (χ2v) is 7.73. The van der Waals surface area contributed by atoms with Crippen LogP contribution in [-0.2, 0) is 4.79 Å². The molecular weight excluding hydrogens is 416 g/mol. The SMILES string of the molecule is COc1ncccc1-c1ccc(C(=O)N2[C@@H](c3ccccc3Cl)CC[C@H]2C(=O)O)cc1. The summed E-state index contributed by atoms with van der Waals surface area (Å²) >= 11 is 6.36. The normalized spacial score (nSPS) is 18.1. The Hall–Kier alpha value is -3.38. The minimum absolute atomic E-state index is 0.334. The number of pyridine rings is 1. The predicted molar refractivity (Wildman–Crippen MR) is 117 cm³/mol. The molecule has 1 aromatic heterocycles. The van der Waals surface area contributed by atoms with Gasteiger partial charge in [0, 0.05) is 22.3 Å². The van der Waals surface area contributed by atoms with E-state index in [9.17, 15) is 14.7 Å². The van der Waals surface area contributed by atoms with E-state index in [4.69, 9.17) is 16.3 Å². The van der Waals surface area contributed by atoms with Crippen LogP contribution in [0.15, 0.2) is 66.9 Å². The Morgan fingerprint density at radius 1 is 1.06 bits per heavy atom. The number of carboxylic acid groups (broad SMARTS) is 1. The van der Waals surface area contributed by atoms with Crippen LogP contribution in [0.25, 0.3) is 11.1 Å². The molecule has 31 heavy (non-hydrogen) atoms. The van der Waals surface area contributed by atoms with Crippen molar-refractivity contribution < 1.29 is 19.4 Å². The molecule has 1 saturated heterocycles. The fraction of sp³-hybridized carbons (Fsp3) is 0.208. The standard InChI is InChI=1S/C24H21ClN2O4/c1-31-22-17(6-4-14-26-22)15-8-10-16(11-9-15)23(28)27-20(12-13-21(27)24(29)30)18-5-2-3-7-19(18)25/h2-11,14,20-21H,12-13H2,1H3,(H,29,30)/t20-,21+/m1/s1. The highest BCUT2D eigenvalue weighted by atomic mass is 35.5. The van der Waals surface area contributed by atoms with E-state index in [2.05, 4.69) is 4.98 Å². The fourth-order valence-electron chi connectivity index (χ4n) is 4.10. The van der Waals surface area contributed by atoms with Crippen molar-refractivity contribution in [1.29, 1.82) is 0 Å². The molecule has 4 rings (SSSR count). The zero-order valence-corrected chi connectivity index (χ0v) is 17.6. The molecule has 1 N–H and O–H groups in total. The number of carboxylic acids is 1. The minimum atomic E-state index is -1.01. The molecule has 3 aromatic rings. The van der Waals surface area contributed by atoms with E-state index in [1.807, 2.05) is 42.5 Å². The molecule has 0 saturated carbocycles. The van der Waals surface area contributed by atoms with E-state index >= 15 is 0 Å². The highest BCUT2D eigenvalue weighted by Crippen LogP contribution is 2.40. The molecule has 158 valence electrons. The Morgan fingerprint density at radius 3 is 2.48 bits per heavy atom. The number of carbonyl (C=O) groups excluding carboxylic acids is 1. The second kappa shape index (κ2) is 8.78. The van der Waals surface area contributed by atoms with Crippen molar-refractivity contribution in [3.63, 3.8) is 0 Å². The van der Waals surface area contributed by atoms with Crippen LogP contribution in [0, 0.1) is 0 Å². The number of hydrogen-bond acceptors (Lipinski definition) is 4. The van der Waals surface area contributed by atoms with E-state index in [0.29, 0.717) is 29.3 Å². The minimum Gasteiger partial charge on any atom is -0.481 e. The fourth-order valence-corrected chi connectivity index (χ4v) is 4.36. The molecule has 2 atom stereocenters. The molecule has 2 heterocycles. The maximum Gasteiger partial charge on any atom is 0.326 e. The number of rotatable bonds is 5. The number of methoxy groups -OCH3 is 1. The van der Waals surface area contributed by atoms with E-state index in [0.717, 1.165) is 16.7 Å². The summed E-state index contributed by atoms with van der Waals surface area (Å²) in [6.45, 7) is 0. The van der Waals surface area contributed by atoms with Crippen LogP contribution in [0.4, 0.5) is 0 Å². The van der Waals surface area contributed by atoms with Gasteiger partial charge in [0.25, 0.3) is 5.91 Å². The number of aromatic nitrogens is 1. The largest absolute Gasteiger partial charge is 0.481 e. The molecule has 0 unspecified atom stereocenters. The lowest BCUT2D eigenvalue weighted by molar-refractivity contribution is -0.141. The quantitative estimate of drug-likeness (QED) is 0.619. The smallest absolute Gasteiger partial charge is 0.326 e. The van der Waals surface area contributed by atoms with Crippen LogP contribution in [0.2, 0.25) is 5.02 Å². The van der Waals surface area contributed by atoms with E-state index in [1.54, 1.807) is 31.5 Å². The average molecular weight is 437 g/mol. The number of carbonyl (C=O) groups is 2. The van der Waals surface area contributed by atoms with Gasteiger partial charge in [-0.15, -0.1) is 0 Å². The summed E-state index contributed by atoms with van der Waals surface area (Å²) in [6, 6.07) is 16.7. The zero-order valence-electron chi connectivity index (χ0n) is 16.9. The van der Waals surface area contributed by atoms with Gasteiger partial charge in [0.05, 0.1) is 13.2 Å². The Bertz CT molecular complexity index is 1120. The lowest BCUT2D eigenvalue weighted by atomic mass is 10.0. The number of likely N-dealkylation sites (tertiary alicyclic amines) is 1. The summed E-state index contributed by atoms with van der Waals surface area (Å²) in [7, 11) is 1.55. The van der Waals surface area contributed by atoms with Gasteiger partial charge in [-0.2, -0.15) is 0 Å². The zero-order chi connectivity index (χ0) is 22.0. The number of aliphatic carboxylic acids is 1. The van der Waals surface area contributed by atoms with Crippen molar-refractivity contribution >= 4 is 23.5 Å². The number of benzene rings is 2. The van der Waals surface area contributed by atoms with Crippen LogP contribution in [0.3, 0.4) is 0 Å².